The van der Waals surface area contributed by atoms with Crippen LogP contribution < -0.4 is 9.80 Å². The number of hydrogen-bond acceptors (Lipinski definition) is 4. The Morgan fingerprint density at radius 3 is 2.75 bits per heavy atom. The van der Waals surface area contributed by atoms with Gasteiger partial charge < -0.3 is 9.64 Å². The van der Waals surface area contributed by atoms with E-state index in [1.807, 2.05) is 42.5 Å². The van der Waals surface area contributed by atoms with E-state index in [0.717, 1.165) is 35.1 Å². The number of likely N-dealkylation sites (tertiary alicyclic amines) is 1. The van der Waals surface area contributed by atoms with Gasteiger partial charge in [0, 0.05) is 0 Å². The maximum Gasteiger partial charge on any atom is 0.314 e. The zero-order chi connectivity index (χ0) is 19.7. The number of anilines is 1. The normalized spacial score (nSPS) is 25.3. The standard InChI is InChI=1S/C22H24N2O4/c1-2-28-22(27)17-8-5-11-23(14-17)19-13-20(25)24(21(19)26)18-10-9-15-6-3-4-7-16(15)12-18/h3-4,6-7,9-10,12,17,19H,2,5,8,11,13-14H2,1H3/p+1/t17-,19+/m0/s1. The molecule has 2 amide bonds. The lowest BCUT2D eigenvalue weighted by Crippen LogP contribution is -3.18. The van der Waals surface area contributed by atoms with E-state index < -0.39 is 6.04 Å². The Hall–Kier alpha value is -2.73. The Morgan fingerprint density at radius 1 is 1.18 bits per heavy atom. The van der Waals surface area contributed by atoms with Gasteiger partial charge >= 0.3 is 5.97 Å². The summed E-state index contributed by atoms with van der Waals surface area (Å²) >= 11 is 0. The second kappa shape index (κ2) is 7.72. The number of ether oxygens (including phenoxy) is 1. The highest BCUT2D eigenvalue weighted by atomic mass is 16.5. The topological polar surface area (TPSA) is 68.1 Å². The molecule has 146 valence electrons. The van der Waals surface area contributed by atoms with Crippen LogP contribution in [0, 0.1) is 5.92 Å². The van der Waals surface area contributed by atoms with Crippen molar-refractivity contribution in [3.63, 3.8) is 0 Å². The van der Waals surface area contributed by atoms with E-state index in [-0.39, 0.29) is 30.1 Å². The Kier molecular flexibility index (Phi) is 5.13. The molecule has 6 nitrogen and oxygen atoms in total. The minimum Gasteiger partial charge on any atom is -0.466 e. The first-order valence-corrected chi connectivity index (χ1v) is 9.95. The van der Waals surface area contributed by atoms with Crippen LogP contribution in [-0.4, -0.2) is 43.5 Å². The highest BCUT2D eigenvalue weighted by Crippen LogP contribution is 2.26. The van der Waals surface area contributed by atoms with Crippen LogP contribution in [0.4, 0.5) is 5.69 Å². The van der Waals surface area contributed by atoms with Crippen molar-refractivity contribution < 1.29 is 24.0 Å². The molecule has 2 saturated heterocycles. The van der Waals surface area contributed by atoms with Crippen molar-refractivity contribution in [2.75, 3.05) is 24.6 Å². The largest absolute Gasteiger partial charge is 0.466 e. The number of imide groups is 1. The molecule has 2 heterocycles. The van der Waals surface area contributed by atoms with Crippen LogP contribution in [0.1, 0.15) is 26.2 Å². The van der Waals surface area contributed by atoms with Gasteiger partial charge in [0.05, 0.1) is 31.8 Å². The number of quaternary nitrogens is 1. The minimum absolute atomic E-state index is 0.167. The third-order valence-corrected chi connectivity index (χ3v) is 5.81. The lowest BCUT2D eigenvalue weighted by atomic mass is 9.96. The van der Waals surface area contributed by atoms with Crippen molar-refractivity contribution in [3.05, 3.63) is 42.5 Å². The van der Waals surface area contributed by atoms with Crippen LogP contribution in [0.15, 0.2) is 42.5 Å². The van der Waals surface area contributed by atoms with Crippen LogP contribution in [0.5, 0.6) is 0 Å². The number of nitrogens with one attached hydrogen (secondary N) is 1. The predicted octanol–water partition coefficient (Wildman–Crippen LogP) is 1.33. The summed E-state index contributed by atoms with van der Waals surface area (Å²) in [7, 11) is 0. The average molecular weight is 381 g/mol. The van der Waals surface area contributed by atoms with Crippen molar-refractivity contribution in [1.82, 2.24) is 0 Å². The molecule has 0 bridgehead atoms. The number of nitrogens with zero attached hydrogens (tertiary/aromatic N) is 1. The van der Waals surface area contributed by atoms with Crippen LogP contribution in [0.3, 0.4) is 0 Å². The van der Waals surface area contributed by atoms with Gasteiger partial charge in [-0.15, -0.1) is 0 Å². The predicted molar refractivity (Wildman–Crippen MR) is 105 cm³/mol. The van der Waals surface area contributed by atoms with E-state index in [9.17, 15) is 14.4 Å². The van der Waals surface area contributed by atoms with Gasteiger partial charge in [-0.2, -0.15) is 0 Å². The number of fused-ring (bicyclic) bond motifs is 1. The molecule has 1 unspecified atom stereocenters. The molecule has 0 saturated carbocycles. The van der Waals surface area contributed by atoms with E-state index in [4.69, 9.17) is 4.74 Å². The first-order chi connectivity index (χ1) is 13.6. The molecule has 0 spiro atoms. The molecule has 4 rings (SSSR count). The summed E-state index contributed by atoms with van der Waals surface area (Å²) in [5.74, 6) is -0.722. The Bertz CT molecular complexity index is 926. The Morgan fingerprint density at radius 2 is 1.96 bits per heavy atom. The third-order valence-electron chi connectivity index (χ3n) is 5.81. The maximum atomic E-state index is 13.1. The van der Waals surface area contributed by atoms with Gasteiger partial charge in [-0.05, 0) is 42.7 Å². The van der Waals surface area contributed by atoms with Crippen molar-refractivity contribution in [2.24, 2.45) is 5.92 Å². The Balaban J connectivity index is 1.54. The Labute approximate surface area is 164 Å². The summed E-state index contributed by atoms with van der Waals surface area (Å²) in [6.07, 6.45) is 1.83. The lowest BCUT2D eigenvalue weighted by molar-refractivity contribution is -0.922. The second-order valence-corrected chi connectivity index (χ2v) is 7.56. The van der Waals surface area contributed by atoms with E-state index in [2.05, 4.69) is 0 Å². The first-order valence-electron chi connectivity index (χ1n) is 9.95. The summed E-state index contributed by atoms with van der Waals surface area (Å²) in [6.45, 7) is 3.51. The number of rotatable bonds is 4. The molecule has 2 aromatic carbocycles. The molecule has 0 radical (unpaired) electrons. The number of carbonyl (C=O) groups excluding carboxylic acids is 3. The summed E-state index contributed by atoms with van der Waals surface area (Å²) in [5.41, 5.74) is 0.620. The number of esters is 1. The fourth-order valence-electron chi connectivity index (χ4n) is 4.41. The van der Waals surface area contributed by atoms with Crippen LogP contribution in [0.2, 0.25) is 0 Å². The molecular formula is C22H25N2O4+. The fourth-order valence-corrected chi connectivity index (χ4v) is 4.41. The van der Waals surface area contributed by atoms with Crippen molar-refractivity contribution in [1.29, 1.82) is 0 Å². The fraction of sp³-hybridized carbons (Fsp3) is 0.409. The molecule has 0 aliphatic carbocycles. The molecule has 2 aliphatic rings. The van der Waals surface area contributed by atoms with Gasteiger partial charge in [0.1, 0.15) is 5.92 Å². The summed E-state index contributed by atoms with van der Waals surface area (Å²) in [5, 5.41) is 2.07. The minimum atomic E-state index is -0.420. The monoisotopic (exact) mass is 381 g/mol. The van der Waals surface area contributed by atoms with Crippen molar-refractivity contribution >= 4 is 34.2 Å². The molecule has 2 aromatic rings. The molecule has 28 heavy (non-hydrogen) atoms. The van der Waals surface area contributed by atoms with Gasteiger partial charge in [-0.25, -0.2) is 4.90 Å². The van der Waals surface area contributed by atoms with E-state index in [0.29, 0.717) is 18.8 Å². The van der Waals surface area contributed by atoms with E-state index in [1.165, 1.54) is 4.90 Å². The average Bonchev–Trinajstić information content (AvgIpc) is 3.02. The van der Waals surface area contributed by atoms with E-state index in [1.54, 1.807) is 6.92 Å². The number of amides is 2. The van der Waals surface area contributed by atoms with Gasteiger partial charge in [-0.3, -0.25) is 14.4 Å². The summed E-state index contributed by atoms with van der Waals surface area (Å²) in [4.78, 5) is 40.3. The molecule has 2 fully saturated rings. The number of benzene rings is 2. The number of piperidine rings is 1. The quantitative estimate of drug-likeness (QED) is 0.641. The van der Waals surface area contributed by atoms with Crippen molar-refractivity contribution in [2.45, 2.75) is 32.2 Å². The van der Waals surface area contributed by atoms with Crippen molar-refractivity contribution in [3.8, 4) is 0 Å². The van der Waals surface area contributed by atoms with Gasteiger partial charge in [0.25, 0.3) is 5.91 Å². The molecule has 6 heteroatoms. The highest BCUT2D eigenvalue weighted by Gasteiger charge is 2.47. The first kappa shape index (κ1) is 18.6. The highest BCUT2D eigenvalue weighted by molar-refractivity contribution is 6.22. The van der Waals surface area contributed by atoms with Gasteiger partial charge in [-0.1, -0.05) is 30.3 Å². The number of carbonyl (C=O) groups is 3. The molecule has 3 atom stereocenters. The third kappa shape index (κ3) is 3.40. The van der Waals surface area contributed by atoms with Crippen LogP contribution in [0.25, 0.3) is 10.8 Å². The SMILES string of the molecule is CCOC(=O)[C@H]1CCC[NH+]([C@@H]2CC(=O)N(c3ccc4ccccc4c3)C2=O)C1. The molecule has 0 aromatic heterocycles. The smallest absolute Gasteiger partial charge is 0.314 e. The number of hydrogen-bond donors (Lipinski definition) is 1. The van der Waals surface area contributed by atoms with E-state index >= 15 is 0 Å². The lowest BCUT2D eigenvalue weighted by Gasteiger charge is -2.31. The van der Waals surface area contributed by atoms with Crippen LogP contribution in [-0.2, 0) is 19.1 Å². The molecular weight excluding hydrogens is 356 g/mol. The molecule has 1 N–H and O–H groups in total. The van der Waals surface area contributed by atoms with Crippen LogP contribution >= 0.6 is 0 Å². The zero-order valence-corrected chi connectivity index (χ0v) is 16.0. The zero-order valence-electron chi connectivity index (χ0n) is 16.0. The maximum absolute atomic E-state index is 13.1. The molecule has 2 aliphatic heterocycles. The summed E-state index contributed by atoms with van der Waals surface area (Å²) in [6, 6.07) is 13.1. The summed E-state index contributed by atoms with van der Waals surface area (Å²) < 4.78 is 5.16. The van der Waals surface area contributed by atoms with Gasteiger partial charge in [0.15, 0.2) is 6.04 Å². The van der Waals surface area contributed by atoms with Gasteiger partial charge in [0.2, 0.25) is 5.91 Å². The second-order valence-electron chi connectivity index (χ2n) is 7.56.